The minimum atomic E-state index is 0.686. The highest BCUT2D eigenvalue weighted by Crippen LogP contribution is 2.08. The highest BCUT2D eigenvalue weighted by atomic mass is 32.2. The van der Waals surface area contributed by atoms with E-state index in [-0.39, 0.29) is 0 Å². The SMILES string of the molecule is Cn1cc/c(=N\CS/C=C\N)c2ccccc21. The Morgan fingerprint density at radius 3 is 3.00 bits per heavy atom. The number of thioether (sulfide) groups is 1. The van der Waals surface area contributed by atoms with E-state index in [9.17, 15) is 0 Å². The zero-order valence-corrected chi connectivity index (χ0v) is 10.5. The number of rotatable bonds is 3. The molecule has 0 atom stereocenters. The molecule has 0 aliphatic heterocycles. The van der Waals surface area contributed by atoms with E-state index < -0.39 is 0 Å². The van der Waals surface area contributed by atoms with Crippen LogP contribution in [0.15, 0.2) is 53.1 Å². The number of benzene rings is 1. The van der Waals surface area contributed by atoms with E-state index in [2.05, 4.69) is 21.7 Å². The van der Waals surface area contributed by atoms with Gasteiger partial charge in [-0.15, -0.1) is 11.8 Å². The Morgan fingerprint density at radius 2 is 2.18 bits per heavy atom. The summed E-state index contributed by atoms with van der Waals surface area (Å²) in [5.41, 5.74) is 6.46. The summed E-state index contributed by atoms with van der Waals surface area (Å²) in [6.07, 6.45) is 3.56. The molecule has 2 aromatic rings. The van der Waals surface area contributed by atoms with Crippen LogP contribution in [0.25, 0.3) is 10.9 Å². The molecule has 88 valence electrons. The molecule has 0 aliphatic carbocycles. The number of pyridine rings is 1. The third kappa shape index (κ3) is 2.71. The normalized spacial score (nSPS) is 12.6. The topological polar surface area (TPSA) is 43.3 Å². The first kappa shape index (κ1) is 11.8. The molecule has 1 aromatic heterocycles. The van der Waals surface area contributed by atoms with E-state index in [1.54, 1.807) is 11.8 Å². The molecule has 0 amide bonds. The molecule has 1 aromatic carbocycles. The van der Waals surface area contributed by atoms with Crippen molar-refractivity contribution in [2.75, 3.05) is 5.88 Å². The second-order valence-corrected chi connectivity index (χ2v) is 4.48. The standard InChI is InChI=1S/C13H15N3S/c1-16-8-6-12(15-10-17-9-7-14)11-4-2-3-5-13(11)16/h2-9H,10,14H2,1H3/b9-7-,15-12+. The summed E-state index contributed by atoms with van der Waals surface area (Å²) in [6, 6.07) is 10.3. The number of hydrogen-bond acceptors (Lipinski definition) is 3. The van der Waals surface area contributed by atoms with E-state index in [1.807, 2.05) is 36.9 Å². The fraction of sp³-hybridized carbons (Fsp3) is 0.154. The number of para-hydroxylation sites is 1. The number of aromatic nitrogens is 1. The van der Waals surface area contributed by atoms with Crippen LogP contribution in [0, 0.1) is 0 Å². The van der Waals surface area contributed by atoms with Gasteiger partial charge in [-0.3, -0.25) is 4.99 Å². The van der Waals surface area contributed by atoms with E-state index in [1.165, 1.54) is 17.1 Å². The molecule has 3 nitrogen and oxygen atoms in total. The van der Waals surface area contributed by atoms with Crippen molar-refractivity contribution in [2.45, 2.75) is 0 Å². The Bertz CT molecular complexity index is 599. The van der Waals surface area contributed by atoms with Crippen LogP contribution in [0.1, 0.15) is 0 Å². The Balaban J connectivity index is 2.44. The van der Waals surface area contributed by atoms with Gasteiger partial charge in [0.25, 0.3) is 0 Å². The van der Waals surface area contributed by atoms with Gasteiger partial charge < -0.3 is 10.3 Å². The lowest BCUT2D eigenvalue weighted by Gasteiger charge is -2.04. The monoisotopic (exact) mass is 245 g/mol. The molecule has 0 saturated heterocycles. The molecule has 0 unspecified atom stereocenters. The molecule has 0 radical (unpaired) electrons. The number of aryl methyl sites for hydroxylation is 1. The molecular formula is C13H15N3S. The van der Waals surface area contributed by atoms with E-state index in [0.717, 1.165) is 5.36 Å². The lowest BCUT2D eigenvalue weighted by Crippen LogP contribution is -2.07. The van der Waals surface area contributed by atoms with Gasteiger partial charge in [0.15, 0.2) is 0 Å². The number of hydrogen-bond donors (Lipinski definition) is 1. The smallest absolute Gasteiger partial charge is 0.0892 e. The highest BCUT2D eigenvalue weighted by molar-refractivity contribution is 8.02. The van der Waals surface area contributed by atoms with Gasteiger partial charge >= 0.3 is 0 Å². The predicted octanol–water partition coefficient (Wildman–Crippen LogP) is 2.20. The van der Waals surface area contributed by atoms with Crippen LogP contribution in [0.3, 0.4) is 0 Å². The first-order valence-electron chi connectivity index (χ1n) is 5.36. The third-order valence-electron chi connectivity index (χ3n) is 2.50. The molecule has 0 bridgehead atoms. The fourth-order valence-electron chi connectivity index (χ4n) is 1.69. The van der Waals surface area contributed by atoms with E-state index >= 15 is 0 Å². The minimum absolute atomic E-state index is 0.686. The van der Waals surface area contributed by atoms with Crippen molar-refractivity contribution in [3.05, 3.63) is 53.5 Å². The summed E-state index contributed by atoms with van der Waals surface area (Å²) in [7, 11) is 2.04. The first-order valence-corrected chi connectivity index (χ1v) is 6.41. The van der Waals surface area contributed by atoms with Crippen LogP contribution in [0.4, 0.5) is 0 Å². The fourth-order valence-corrected chi connectivity index (χ4v) is 2.10. The summed E-state index contributed by atoms with van der Waals surface area (Å²) in [6.45, 7) is 0. The third-order valence-corrected chi connectivity index (χ3v) is 3.13. The van der Waals surface area contributed by atoms with Crippen molar-refractivity contribution in [1.82, 2.24) is 4.57 Å². The van der Waals surface area contributed by atoms with Crippen molar-refractivity contribution in [3.8, 4) is 0 Å². The average molecular weight is 245 g/mol. The molecule has 2 rings (SSSR count). The van der Waals surface area contributed by atoms with Gasteiger partial charge in [0.05, 0.1) is 11.2 Å². The van der Waals surface area contributed by atoms with Crippen molar-refractivity contribution in [3.63, 3.8) is 0 Å². The number of nitrogens with two attached hydrogens (primary N) is 1. The predicted molar refractivity (Wildman–Crippen MR) is 74.3 cm³/mol. The second-order valence-electron chi connectivity index (χ2n) is 3.61. The van der Waals surface area contributed by atoms with Gasteiger partial charge in [0.1, 0.15) is 0 Å². The van der Waals surface area contributed by atoms with Crippen molar-refractivity contribution in [1.29, 1.82) is 0 Å². The molecule has 4 heteroatoms. The Kier molecular flexibility index (Phi) is 3.88. The molecule has 1 heterocycles. The van der Waals surface area contributed by atoms with Gasteiger partial charge in [-0.25, -0.2) is 0 Å². The molecule has 2 N–H and O–H groups in total. The van der Waals surface area contributed by atoms with E-state index in [4.69, 9.17) is 5.73 Å². The maximum atomic E-state index is 5.27. The molecule has 17 heavy (non-hydrogen) atoms. The van der Waals surface area contributed by atoms with Crippen LogP contribution in [-0.4, -0.2) is 10.4 Å². The number of fused-ring (bicyclic) bond motifs is 1. The minimum Gasteiger partial charge on any atom is -0.404 e. The van der Waals surface area contributed by atoms with Crippen molar-refractivity contribution >= 4 is 22.7 Å². The molecular weight excluding hydrogens is 230 g/mol. The Hall–Kier alpha value is -1.68. The van der Waals surface area contributed by atoms with Gasteiger partial charge in [-0.1, -0.05) is 18.2 Å². The molecule has 0 saturated carbocycles. The van der Waals surface area contributed by atoms with Crippen LogP contribution in [0.2, 0.25) is 0 Å². The summed E-state index contributed by atoms with van der Waals surface area (Å²) in [5, 5.41) is 4.04. The maximum absolute atomic E-state index is 5.27. The van der Waals surface area contributed by atoms with Crippen LogP contribution in [0.5, 0.6) is 0 Å². The van der Waals surface area contributed by atoms with Crippen LogP contribution < -0.4 is 11.1 Å². The lowest BCUT2D eigenvalue weighted by molar-refractivity contribution is 0.947. The molecule has 0 fully saturated rings. The Labute approximate surface area is 105 Å². The average Bonchev–Trinajstić information content (AvgIpc) is 2.37. The van der Waals surface area contributed by atoms with E-state index in [0.29, 0.717) is 5.88 Å². The summed E-state index contributed by atoms with van der Waals surface area (Å²) < 4.78 is 2.10. The zero-order chi connectivity index (χ0) is 12.1. The van der Waals surface area contributed by atoms with Gasteiger partial charge in [0, 0.05) is 30.3 Å². The first-order chi connectivity index (χ1) is 8.33. The van der Waals surface area contributed by atoms with Crippen LogP contribution >= 0.6 is 11.8 Å². The number of nitrogens with zero attached hydrogens (tertiary/aromatic N) is 2. The maximum Gasteiger partial charge on any atom is 0.0892 e. The van der Waals surface area contributed by atoms with Gasteiger partial charge in [0.2, 0.25) is 0 Å². The van der Waals surface area contributed by atoms with Crippen LogP contribution in [-0.2, 0) is 7.05 Å². The van der Waals surface area contributed by atoms with Crippen molar-refractivity contribution < 1.29 is 0 Å². The lowest BCUT2D eigenvalue weighted by atomic mass is 10.2. The van der Waals surface area contributed by atoms with Gasteiger partial charge in [-0.2, -0.15) is 0 Å². The summed E-state index contributed by atoms with van der Waals surface area (Å²) >= 11 is 1.58. The summed E-state index contributed by atoms with van der Waals surface area (Å²) in [5.74, 6) is 0.686. The van der Waals surface area contributed by atoms with Crippen molar-refractivity contribution in [2.24, 2.45) is 17.8 Å². The summed E-state index contributed by atoms with van der Waals surface area (Å²) in [4.78, 5) is 4.56. The molecule has 0 spiro atoms. The quantitative estimate of drug-likeness (QED) is 0.842. The van der Waals surface area contributed by atoms with Gasteiger partial charge in [-0.05, 0) is 17.5 Å². The zero-order valence-electron chi connectivity index (χ0n) is 9.71. The Morgan fingerprint density at radius 1 is 1.35 bits per heavy atom. The second kappa shape index (κ2) is 5.59. The molecule has 0 aliphatic rings. The highest BCUT2D eigenvalue weighted by Gasteiger charge is 1.96. The largest absolute Gasteiger partial charge is 0.404 e.